The van der Waals surface area contributed by atoms with Crippen molar-refractivity contribution in [3.63, 3.8) is 0 Å². The summed E-state index contributed by atoms with van der Waals surface area (Å²) in [5, 5.41) is 0. The zero-order chi connectivity index (χ0) is 17.3. The van der Waals surface area contributed by atoms with Gasteiger partial charge >= 0.3 is 0 Å². The lowest BCUT2D eigenvalue weighted by molar-refractivity contribution is -0.0683. The van der Waals surface area contributed by atoms with Gasteiger partial charge in [0.1, 0.15) is 5.82 Å². The zero-order valence-corrected chi connectivity index (χ0v) is 15.6. The molecule has 2 heterocycles. The van der Waals surface area contributed by atoms with E-state index in [0.29, 0.717) is 12.0 Å². The van der Waals surface area contributed by atoms with E-state index in [1.165, 1.54) is 25.2 Å². The minimum Gasteiger partial charge on any atom is -0.300 e. The average molecular weight is 333 g/mol. The van der Waals surface area contributed by atoms with Crippen molar-refractivity contribution in [2.75, 3.05) is 39.3 Å². The largest absolute Gasteiger partial charge is 0.300 e. The summed E-state index contributed by atoms with van der Waals surface area (Å²) >= 11 is 0. The van der Waals surface area contributed by atoms with Crippen LogP contribution in [0.25, 0.3) is 0 Å². The summed E-state index contributed by atoms with van der Waals surface area (Å²) in [4.78, 5) is 7.89. The molecule has 1 unspecified atom stereocenters. The Morgan fingerprint density at radius 3 is 2.42 bits per heavy atom. The van der Waals surface area contributed by atoms with Gasteiger partial charge in [0.15, 0.2) is 0 Å². The van der Waals surface area contributed by atoms with Gasteiger partial charge in [-0.25, -0.2) is 4.39 Å². The standard InChI is InChI=1S/C20H32FN3/c1-16(2)11-23-14-19-13-22(9-10-24(19)20(3,4)15-23)12-17-5-7-18(21)8-6-17/h5-8,16,19H,9-15H2,1-4H3. The smallest absolute Gasteiger partial charge is 0.123 e. The first-order chi connectivity index (χ1) is 11.3. The van der Waals surface area contributed by atoms with Gasteiger partial charge in [-0.2, -0.15) is 0 Å². The van der Waals surface area contributed by atoms with Gasteiger partial charge in [0, 0.05) is 57.4 Å². The summed E-state index contributed by atoms with van der Waals surface area (Å²) in [5.41, 5.74) is 1.46. The molecule has 0 aromatic heterocycles. The van der Waals surface area contributed by atoms with Crippen molar-refractivity contribution < 1.29 is 4.39 Å². The van der Waals surface area contributed by atoms with Crippen LogP contribution in [0.15, 0.2) is 24.3 Å². The normalized spacial score (nSPS) is 25.8. The van der Waals surface area contributed by atoms with E-state index < -0.39 is 0 Å². The maximum Gasteiger partial charge on any atom is 0.123 e. The summed E-state index contributed by atoms with van der Waals surface area (Å²) in [5.74, 6) is 0.563. The molecular weight excluding hydrogens is 301 g/mol. The lowest BCUT2D eigenvalue weighted by Crippen LogP contribution is -2.69. The van der Waals surface area contributed by atoms with E-state index in [2.05, 4.69) is 42.4 Å². The van der Waals surface area contributed by atoms with Crippen molar-refractivity contribution >= 4 is 0 Å². The van der Waals surface area contributed by atoms with E-state index >= 15 is 0 Å². The molecule has 0 bridgehead atoms. The van der Waals surface area contributed by atoms with Crippen molar-refractivity contribution in [3.8, 4) is 0 Å². The highest BCUT2D eigenvalue weighted by Crippen LogP contribution is 2.29. The highest BCUT2D eigenvalue weighted by atomic mass is 19.1. The Hall–Kier alpha value is -0.970. The molecule has 1 aromatic carbocycles. The van der Waals surface area contributed by atoms with Crippen molar-refractivity contribution in [1.29, 1.82) is 0 Å². The second kappa shape index (κ2) is 7.11. The van der Waals surface area contributed by atoms with Crippen LogP contribution in [0.4, 0.5) is 4.39 Å². The third kappa shape index (κ3) is 4.16. The van der Waals surface area contributed by atoms with Crippen molar-refractivity contribution in [2.24, 2.45) is 5.92 Å². The summed E-state index contributed by atoms with van der Waals surface area (Å²) < 4.78 is 13.1. The van der Waals surface area contributed by atoms with E-state index in [-0.39, 0.29) is 11.4 Å². The fraction of sp³-hybridized carbons (Fsp3) is 0.700. The summed E-state index contributed by atoms with van der Waals surface area (Å²) in [6, 6.07) is 7.57. The first-order valence-corrected chi connectivity index (χ1v) is 9.29. The van der Waals surface area contributed by atoms with Crippen LogP contribution >= 0.6 is 0 Å². The van der Waals surface area contributed by atoms with Crippen molar-refractivity contribution in [3.05, 3.63) is 35.6 Å². The number of halogens is 1. The molecule has 0 N–H and O–H groups in total. The third-order valence-electron chi connectivity index (χ3n) is 5.37. The molecule has 2 saturated heterocycles. The molecule has 0 amide bonds. The lowest BCUT2D eigenvalue weighted by atomic mass is 9.92. The van der Waals surface area contributed by atoms with E-state index in [1.807, 2.05) is 12.1 Å². The quantitative estimate of drug-likeness (QED) is 0.838. The van der Waals surface area contributed by atoms with Crippen molar-refractivity contribution in [1.82, 2.24) is 14.7 Å². The van der Waals surface area contributed by atoms with Crippen LogP contribution in [-0.2, 0) is 6.54 Å². The highest BCUT2D eigenvalue weighted by molar-refractivity contribution is 5.16. The third-order valence-corrected chi connectivity index (χ3v) is 5.37. The Bertz CT molecular complexity index is 540. The van der Waals surface area contributed by atoms with Gasteiger partial charge in [0.05, 0.1) is 0 Å². The van der Waals surface area contributed by atoms with Gasteiger partial charge in [-0.1, -0.05) is 26.0 Å². The number of nitrogens with zero attached hydrogens (tertiary/aromatic N) is 3. The Balaban J connectivity index is 1.64. The molecule has 2 aliphatic rings. The Labute approximate surface area is 146 Å². The van der Waals surface area contributed by atoms with E-state index in [1.54, 1.807) is 12.1 Å². The van der Waals surface area contributed by atoms with Crippen LogP contribution in [-0.4, -0.2) is 65.5 Å². The Kier molecular flexibility index (Phi) is 5.28. The molecule has 4 heteroatoms. The topological polar surface area (TPSA) is 9.72 Å². The zero-order valence-electron chi connectivity index (χ0n) is 15.6. The molecule has 134 valence electrons. The van der Waals surface area contributed by atoms with Gasteiger partial charge < -0.3 is 0 Å². The maximum absolute atomic E-state index is 13.1. The molecule has 0 spiro atoms. The molecule has 0 saturated carbocycles. The van der Waals surface area contributed by atoms with Crippen LogP contribution in [0.3, 0.4) is 0 Å². The van der Waals surface area contributed by atoms with E-state index in [9.17, 15) is 4.39 Å². The molecule has 1 aromatic rings. The number of piperazine rings is 2. The van der Waals surface area contributed by atoms with Gasteiger partial charge in [-0.3, -0.25) is 14.7 Å². The van der Waals surface area contributed by atoms with Gasteiger partial charge in [0.2, 0.25) is 0 Å². The fourth-order valence-corrected chi connectivity index (χ4v) is 4.52. The monoisotopic (exact) mass is 333 g/mol. The molecule has 3 rings (SSSR count). The molecule has 1 atom stereocenters. The van der Waals surface area contributed by atoms with Crippen LogP contribution in [0.5, 0.6) is 0 Å². The highest BCUT2D eigenvalue weighted by Gasteiger charge is 2.42. The molecule has 3 nitrogen and oxygen atoms in total. The van der Waals surface area contributed by atoms with Crippen LogP contribution in [0.2, 0.25) is 0 Å². The molecule has 0 radical (unpaired) electrons. The Morgan fingerprint density at radius 2 is 1.75 bits per heavy atom. The maximum atomic E-state index is 13.1. The summed E-state index contributed by atoms with van der Waals surface area (Å²) in [6.07, 6.45) is 0. The second-order valence-corrected chi connectivity index (χ2v) is 8.61. The van der Waals surface area contributed by atoms with Crippen molar-refractivity contribution in [2.45, 2.75) is 45.8 Å². The SMILES string of the molecule is CC(C)CN1CC2CN(Cc3ccc(F)cc3)CCN2C(C)(C)C1. The molecule has 2 fully saturated rings. The number of hydrogen-bond donors (Lipinski definition) is 0. The fourth-order valence-electron chi connectivity index (χ4n) is 4.52. The summed E-state index contributed by atoms with van der Waals surface area (Å²) in [6.45, 7) is 17.2. The lowest BCUT2D eigenvalue weighted by Gasteiger charge is -2.56. The predicted octanol–water partition coefficient (Wildman–Crippen LogP) is 3.06. The number of hydrogen-bond acceptors (Lipinski definition) is 3. The number of benzene rings is 1. The Morgan fingerprint density at radius 1 is 1.08 bits per heavy atom. The predicted molar refractivity (Wildman–Crippen MR) is 97.5 cm³/mol. The molecule has 0 aliphatic carbocycles. The number of rotatable bonds is 4. The van der Waals surface area contributed by atoms with Gasteiger partial charge in [-0.05, 0) is 37.5 Å². The number of fused-ring (bicyclic) bond motifs is 1. The second-order valence-electron chi connectivity index (χ2n) is 8.61. The van der Waals surface area contributed by atoms with Crippen LogP contribution in [0, 0.1) is 11.7 Å². The van der Waals surface area contributed by atoms with Gasteiger partial charge in [0.25, 0.3) is 0 Å². The van der Waals surface area contributed by atoms with Crippen LogP contribution in [0.1, 0.15) is 33.3 Å². The average Bonchev–Trinajstić information content (AvgIpc) is 2.48. The first kappa shape index (κ1) is 17.8. The minimum absolute atomic E-state index is 0.151. The van der Waals surface area contributed by atoms with Gasteiger partial charge in [-0.15, -0.1) is 0 Å². The molecular formula is C20H32FN3. The van der Waals surface area contributed by atoms with Crippen LogP contribution < -0.4 is 0 Å². The van der Waals surface area contributed by atoms with E-state index in [0.717, 1.165) is 26.2 Å². The summed E-state index contributed by atoms with van der Waals surface area (Å²) in [7, 11) is 0. The molecule has 2 aliphatic heterocycles. The first-order valence-electron chi connectivity index (χ1n) is 9.29. The molecule has 24 heavy (non-hydrogen) atoms. The van der Waals surface area contributed by atoms with E-state index in [4.69, 9.17) is 0 Å². The minimum atomic E-state index is -0.151.